The Morgan fingerprint density at radius 2 is 1.76 bits per heavy atom. The van der Waals surface area contributed by atoms with Crippen LogP contribution in [-0.2, 0) is 0 Å². The van der Waals surface area contributed by atoms with E-state index in [0.29, 0.717) is 17.1 Å². The summed E-state index contributed by atoms with van der Waals surface area (Å²) >= 11 is 5.79. The van der Waals surface area contributed by atoms with Crippen molar-refractivity contribution < 1.29 is 19.1 Å². The molecule has 0 saturated carbocycles. The summed E-state index contributed by atoms with van der Waals surface area (Å²) in [5, 5.41) is 25.4. The third kappa shape index (κ3) is 4.62. The molecule has 3 rings (SSSR count). The highest BCUT2D eigenvalue weighted by atomic mass is 35.5. The number of nitrogens with one attached hydrogen (secondary N) is 1. The molecule has 146 valence electrons. The first-order valence-electron chi connectivity index (χ1n) is 7.97. The molecule has 0 fully saturated rings. The van der Waals surface area contributed by atoms with Crippen LogP contribution in [0.2, 0.25) is 5.02 Å². The Hall–Kier alpha value is -4.05. The number of hydrazone groups is 1. The van der Waals surface area contributed by atoms with Gasteiger partial charge in [0, 0.05) is 29.3 Å². The van der Waals surface area contributed by atoms with Crippen LogP contribution in [-0.4, -0.2) is 22.0 Å². The SMILES string of the molecule is O=C(NN=Cc1ccc(-c2ccc(Cl)c([N+](=O)[O-])c2)o1)c1ccc([N+](=O)[O-])cc1. The zero-order valence-corrected chi connectivity index (χ0v) is 15.2. The second-order valence-electron chi connectivity index (χ2n) is 5.63. The van der Waals surface area contributed by atoms with Gasteiger partial charge < -0.3 is 4.42 Å². The Morgan fingerprint density at radius 1 is 1.03 bits per heavy atom. The molecule has 0 unspecified atom stereocenters. The van der Waals surface area contributed by atoms with Crippen LogP contribution in [0.15, 0.2) is 64.1 Å². The number of hydrogen-bond donors (Lipinski definition) is 1. The number of nitrogens with zero attached hydrogens (tertiary/aromatic N) is 3. The van der Waals surface area contributed by atoms with E-state index in [2.05, 4.69) is 10.5 Å². The fraction of sp³-hybridized carbons (Fsp3) is 0. The Bertz CT molecular complexity index is 1120. The Morgan fingerprint density at radius 3 is 2.41 bits per heavy atom. The highest BCUT2D eigenvalue weighted by molar-refractivity contribution is 6.32. The maximum Gasteiger partial charge on any atom is 0.288 e. The minimum absolute atomic E-state index is 0.0149. The summed E-state index contributed by atoms with van der Waals surface area (Å²) in [6.45, 7) is 0. The predicted molar refractivity (Wildman–Crippen MR) is 104 cm³/mol. The third-order valence-electron chi connectivity index (χ3n) is 3.75. The van der Waals surface area contributed by atoms with E-state index >= 15 is 0 Å². The first-order valence-corrected chi connectivity index (χ1v) is 8.35. The second kappa shape index (κ2) is 8.31. The number of hydrogen-bond acceptors (Lipinski definition) is 7. The molecular weight excluding hydrogens is 404 g/mol. The Kier molecular flexibility index (Phi) is 5.65. The van der Waals surface area contributed by atoms with Gasteiger partial charge in [0.2, 0.25) is 0 Å². The zero-order valence-electron chi connectivity index (χ0n) is 14.4. The lowest BCUT2D eigenvalue weighted by atomic mass is 10.1. The van der Waals surface area contributed by atoms with E-state index in [-0.39, 0.29) is 22.0 Å². The molecule has 0 saturated heterocycles. The average Bonchev–Trinajstić information content (AvgIpc) is 3.17. The van der Waals surface area contributed by atoms with Crippen molar-refractivity contribution in [1.82, 2.24) is 5.43 Å². The molecule has 0 atom stereocenters. The second-order valence-corrected chi connectivity index (χ2v) is 6.04. The van der Waals surface area contributed by atoms with Gasteiger partial charge in [-0.15, -0.1) is 0 Å². The van der Waals surface area contributed by atoms with Gasteiger partial charge in [-0.1, -0.05) is 11.6 Å². The number of nitro benzene ring substituents is 2. The van der Waals surface area contributed by atoms with Crippen LogP contribution in [0.5, 0.6) is 0 Å². The molecule has 1 aromatic heterocycles. The molecule has 3 aromatic rings. The molecule has 1 N–H and O–H groups in total. The van der Waals surface area contributed by atoms with Crippen molar-refractivity contribution >= 4 is 35.1 Å². The summed E-state index contributed by atoms with van der Waals surface area (Å²) in [5.74, 6) is 0.0887. The van der Waals surface area contributed by atoms with Gasteiger partial charge in [0.1, 0.15) is 16.5 Å². The van der Waals surface area contributed by atoms with E-state index in [1.807, 2.05) is 0 Å². The Balaban J connectivity index is 1.67. The monoisotopic (exact) mass is 414 g/mol. The van der Waals surface area contributed by atoms with Gasteiger partial charge in [0.05, 0.1) is 16.1 Å². The van der Waals surface area contributed by atoms with Crippen molar-refractivity contribution in [2.75, 3.05) is 0 Å². The fourth-order valence-electron chi connectivity index (χ4n) is 2.34. The minimum Gasteiger partial charge on any atom is -0.455 e. The first kappa shape index (κ1) is 19.7. The molecular formula is C18H11ClN4O6. The maximum atomic E-state index is 12.0. The summed E-state index contributed by atoms with van der Waals surface area (Å²) < 4.78 is 5.53. The predicted octanol–water partition coefficient (Wildman–Crippen LogP) is 4.18. The van der Waals surface area contributed by atoms with Crippen LogP contribution < -0.4 is 5.43 Å². The first-order chi connectivity index (χ1) is 13.8. The fourth-order valence-corrected chi connectivity index (χ4v) is 2.52. The van der Waals surface area contributed by atoms with E-state index in [9.17, 15) is 25.0 Å². The highest BCUT2D eigenvalue weighted by Gasteiger charge is 2.15. The molecule has 0 spiro atoms. The quantitative estimate of drug-likeness (QED) is 0.364. The summed E-state index contributed by atoms with van der Waals surface area (Å²) in [6.07, 6.45) is 1.25. The number of non-ortho nitro benzene ring substituents is 1. The van der Waals surface area contributed by atoms with Gasteiger partial charge in [-0.05, 0) is 36.4 Å². The average molecular weight is 415 g/mol. The van der Waals surface area contributed by atoms with Crippen molar-refractivity contribution in [3.8, 4) is 11.3 Å². The summed E-state index contributed by atoms with van der Waals surface area (Å²) in [4.78, 5) is 32.4. The van der Waals surface area contributed by atoms with Crippen molar-refractivity contribution in [3.05, 3.63) is 91.2 Å². The molecule has 0 radical (unpaired) electrons. The van der Waals surface area contributed by atoms with Crippen LogP contribution in [0.25, 0.3) is 11.3 Å². The lowest BCUT2D eigenvalue weighted by Crippen LogP contribution is -2.17. The summed E-state index contributed by atoms with van der Waals surface area (Å²) in [6, 6.07) is 12.5. The molecule has 0 aliphatic rings. The number of amides is 1. The molecule has 2 aromatic carbocycles. The number of carbonyl (C=O) groups excluding carboxylic acids is 1. The van der Waals surface area contributed by atoms with Crippen LogP contribution in [0, 0.1) is 20.2 Å². The van der Waals surface area contributed by atoms with Gasteiger partial charge in [-0.25, -0.2) is 5.43 Å². The van der Waals surface area contributed by atoms with E-state index in [1.54, 1.807) is 18.2 Å². The zero-order chi connectivity index (χ0) is 21.0. The van der Waals surface area contributed by atoms with Crippen molar-refractivity contribution in [2.45, 2.75) is 0 Å². The van der Waals surface area contributed by atoms with E-state index in [0.717, 1.165) is 0 Å². The maximum absolute atomic E-state index is 12.0. The number of benzene rings is 2. The molecule has 10 nitrogen and oxygen atoms in total. The van der Waals surface area contributed by atoms with Gasteiger partial charge in [-0.3, -0.25) is 25.0 Å². The van der Waals surface area contributed by atoms with Gasteiger partial charge in [-0.2, -0.15) is 5.10 Å². The van der Waals surface area contributed by atoms with Crippen LogP contribution >= 0.6 is 11.6 Å². The number of furan rings is 1. The third-order valence-corrected chi connectivity index (χ3v) is 4.07. The molecule has 0 aliphatic carbocycles. The van der Waals surface area contributed by atoms with Gasteiger partial charge in [0.15, 0.2) is 0 Å². The molecule has 0 bridgehead atoms. The van der Waals surface area contributed by atoms with E-state index in [1.165, 1.54) is 42.6 Å². The van der Waals surface area contributed by atoms with Crippen LogP contribution in [0.4, 0.5) is 11.4 Å². The van der Waals surface area contributed by atoms with Crippen molar-refractivity contribution in [2.24, 2.45) is 5.10 Å². The molecule has 0 aliphatic heterocycles. The normalized spacial score (nSPS) is 10.8. The lowest BCUT2D eigenvalue weighted by Gasteiger charge is -2.00. The van der Waals surface area contributed by atoms with Gasteiger partial charge in [0.25, 0.3) is 17.3 Å². The van der Waals surface area contributed by atoms with Crippen molar-refractivity contribution in [1.29, 1.82) is 0 Å². The topological polar surface area (TPSA) is 141 Å². The molecule has 29 heavy (non-hydrogen) atoms. The number of carbonyl (C=O) groups is 1. The summed E-state index contributed by atoms with van der Waals surface area (Å²) in [5.41, 5.74) is 2.55. The van der Waals surface area contributed by atoms with Crippen LogP contribution in [0.3, 0.4) is 0 Å². The molecule has 11 heteroatoms. The van der Waals surface area contributed by atoms with E-state index in [4.69, 9.17) is 16.0 Å². The standard InChI is InChI=1S/C18H11ClN4O6/c19-15-7-3-12(9-16(15)23(27)28)17-8-6-14(29-17)10-20-21-18(24)11-1-4-13(5-2-11)22(25)26/h1-10H,(H,21,24). The Labute approximate surface area is 167 Å². The highest BCUT2D eigenvalue weighted by Crippen LogP contribution is 2.31. The largest absolute Gasteiger partial charge is 0.455 e. The summed E-state index contributed by atoms with van der Waals surface area (Å²) in [7, 11) is 0. The van der Waals surface area contributed by atoms with Crippen molar-refractivity contribution in [3.63, 3.8) is 0 Å². The number of halogens is 1. The number of rotatable bonds is 6. The van der Waals surface area contributed by atoms with Gasteiger partial charge >= 0.3 is 0 Å². The molecule has 1 amide bonds. The lowest BCUT2D eigenvalue weighted by molar-refractivity contribution is -0.385. The minimum atomic E-state index is -0.592. The molecule has 1 heterocycles. The number of nitro groups is 2. The smallest absolute Gasteiger partial charge is 0.288 e. The van der Waals surface area contributed by atoms with E-state index < -0.39 is 15.8 Å². The van der Waals surface area contributed by atoms with Crippen LogP contribution in [0.1, 0.15) is 16.1 Å².